The second kappa shape index (κ2) is 7.34. The number of halogens is 1. The van der Waals surface area contributed by atoms with Crippen LogP contribution < -0.4 is 4.74 Å². The summed E-state index contributed by atoms with van der Waals surface area (Å²) in [6.07, 6.45) is 7.22. The monoisotopic (exact) mass is 413 g/mol. The van der Waals surface area contributed by atoms with E-state index in [4.69, 9.17) is 9.47 Å². The van der Waals surface area contributed by atoms with E-state index in [-0.39, 0.29) is 28.9 Å². The summed E-state index contributed by atoms with van der Waals surface area (Å²) in [7, 11) is 0. The number of hydrogen-bond donors (Lipinski definition) is 0. The van der Waals surface area contributed by atoms with E-state index < -0.39 is 0 Å². The number of likely N-dealkylation sites (tertiary alicyclic amines) is 1. The van der Waals surface area contributed by atoms with Crippen molar-refractivity contribution in [2.24, 2.45) is 11.3 Å². The summed E-state index contributed by atoms with van der Waals surface area (Å²) in [5.41, 5.74) is 0.759. The maximum Gasteiger partial charge on any atom is 0.126 e. The first kappa shape index (κ1) is 20.0. The molecule has 0 unspecified atom stereocenters. The Labute approximate surface area is 178 Å². The molecule has 5 rings (SSSR count). The van der Waals surface area contributed by atoms with Crippen molar-refractivity contribution in [2.75, 3.05) is 26.2 Å². The van der Waals surface area contributed by atoms with Crippen LogP contribution in [-0.4, -0.2) is 46.3 Å². The first-order valence-corrected chi connectivity index (χ1v) is 11.2. The van der Waals surface area contributed by atoms with Gasteiger partial charge in [0.15, 0.2) is 0 Å². The summed E-state index contributed by atoms with van der Waals surface area (Å²) in [6.45, 7) is 11.4. The predicted molar refractivity (Wildman–Crippen MR) is 113 cm³/mol. The lowest BCUT2D eigenvalue weighted by atomic mass is 9.64. The van der Waals surface area contributed by atoms with E-state index >= 15 is 0 Å². The molecule has 1 aromatic carbocycles. The third kappa shape index (κ3) is 3.54. The van der Waals surface area contributed by atoms with Crippen molar-refractivity contribution in [3.8, 4) is 5.75 Å². The van der Waals surface area contributed by atoms with Gasteiger partial charge >= 0.3 is 0 Å². The van der Waals surface area contributed by atoms with E-state index in [1.165, 1.54) is 6.07 Å². The zero-order chi connectivity index (χ0) is 20.9. The van der Waals surface area contributed by atoms with E-state index in [0.29, 0.717) is 0 Å². The highest BCUT2D eigenvalue weighted by atomic mass is 19.1. The highest BCUT2D eigenvalue weighted by molar-refractivity contribution is 5.39. The third-order valence-corrected chi connectivity index (χ3v) is 7.63. The highest BCUT2D eigenvalue weighted by Crippen LogP contribution is 2.55. The number of ether oxygens (including phenoxy) is 2. The van der Waals surface area contributed by atoms with Crippen LogP contribution in [0.1, 0.15) is 50.6 Å². The molecule has 0 radical (unpaired) electrons. The van der Waals surface area contributed by atoms with Gasteiger partial charge in [0, 0.05) is 37.0 Å². The molecule has 30 heavy (non-hydrogen) atoms. The van der Waals surface area contributed by atoms with Crippen LogP contribution in [0.25, 0.3) is 0 Å². The molecule has 2 fully saturated rings. The van der Waals surface area contributed by atoms with Gasteiger partial charge in [-0.05, 0) is 76.7 Å². The summed E-state index contributed by atoms with van der Waals surface area (Å²) >= 11 is 0. The number of nitrogens with zero attached hydrogens (tertiary/aromatic N) is 3. The molecule has 2 saturated heterocycles. The predicted octanol–water partition coefficient (Wildman–Crippen LogP) is 4.36. The van der Waals surface area contributed by atoms with Gasteiger partial charge in [0.25, 0.3) is 0 Å². The molecule has 0 amide bonds. The SMILES string of the molecule is Cc1nccn1CCN1CCC2(CC1)CO[C@@H]1c3cc(F)ccc3OC(C)(C)[C@H]1C2. The molecule has 1 aromatic heterocycles. The van der Waals surface area contributed by atoms with E-state index in [1.54, 1.807) is 12.1 Å². The first-order chi connectivity index (χ1) is 14.4. The van der Waals surface area contributed by atoms with Crippen molar-refractivity contribution >= 4 is 0 Å². The fourth-order valence-corrected chi connectivity index (χ4v) is 5.61. The first-order valence-electron chi connectivity index (χ1n) is 11.2. The van der Waals surface area contributed by atoms with Gasteiger partial charge in [0.1, 0.15) is 23.0 Å². The zero-order valence-electron chi connectivity index (χ0n) is 18.2. The number of aromatic nitrogens is 2. The van der Waals surface area contributed by atoms with Gasteiger partial charge in [0.05, 0.1) is 12.7 Å². The number of imidazole rings is 1. The van der Waals surface area contributed by atoms with Crippen molar-refractivity contribution in [3.05, 3.63) is 47.8 Å². The Hall–Kier alpha value is -1.92. The maximum atomic E-state index is 13.9. The van der Waals surface area contributed by atoms with Crippen molar-refractivity contribution < 1.29 is 13.9 Å². The van der Waals surface area contributed by atoms with Crippen LogP contribution in [0.4, 0.5) is 4.39 Å². The van der Waals surface area contributed by atoms with Gasteiger partial charge in [-0.2, -0.15) is 0 Å². The quantitative estimate of drug-likeness (QED) is 0.750. The Morgan fingerprint density at radius 3 is 2.73 bits per heavy atom. The van der Waals surface area contributed by atoms with Gasteiger partial charge in [0.2, 0.25) is 0 Å². The molecule has 2 aromatic rings. The van der Waals surface area contributed by atoms with Crippen LogP contribution >= 0.6 is 0 Å². The lowest BCUT2D eigenvalue weighted by molar-refractivity contribution is -0.174. The number of aryl methyl sites for hydroxylation is 1. The number of piperidine rings is 1. The van der Waals surface area contributed by atoms with Crippen molar-refractivity contribution in [3.63, 3.8) is 0 Å². The minimum Gasteiger partial charge on any atom is -0.487 e. The van der Waals surface area contributed by atoms with Gasteiger partial charge in [-0.15, -0.1) is 0 Å². The van der Waals surface area contributed by atoms with Crippen LogP contribution in [0.5, 0.6) is 5.75 Å². The van der Waals surface area contributed by atoms with E-state index in [9.17, 15) is 4.39 Å². The van der Waals surface area contributed by atoms with Gasteiger partial charge in [-0.3, -0.25) is 0 Å². The molecule has 4 heterocycles. The molecular weight excluding hydrogens is 381 g/mol. The standard InChI is InChI=1S/C24H32FN3O2/c1-17-26-8-11-28(17)13-12-27-9-6-24(7-10-27)15-20-22(29-16-24)19-14-18(25)4-5-21(19)30-23(20,2)3/h4-5,8,11,14,20,22H,6-7,9-10,12-13,15-16H2,1-3H3/t20-,22+/m0/s1. The molecule has 3 aliphatic rings. The van der Waals surface area contributed by atoms with Crippen molar-refractivity contribution in [1.29, 1.82) is 0 Å². The summed E-state index contributed by atoms with van der Waals surface area (Å²) < 4.78 is 28.9. The largest absolute Gasteiger partial charge is 0.487 e. The van der Waals surface area contributed by atoms with Crippen molar-refractivity contribution in [2.45, 2.75) is 58.3 Å². The highest BCUT2D eigenvalue weighted by Gasteiger charge is 2.52. The van der Waals surface area contributed by atoms with Gasteiger partial charge in [-0.25, -0.2) is 9.37 Å². The van der Waals surface area contributed by atoms with E-state index in [2.05, 4.69) is 41.4 Å². The zero-order valence-corrected chi connectivity index (χ0v) is 18.2. The van der Waals surface area contributed by atoms with Crippen LogP contribution in [0.3, 0.4) is 0 Å². The van der Waals surface area contributed by atoms with Gasteiger partial charge < -0.3 is 18.9 Å². The molecule has 0 N–H and O–H groups in total. The average molecular weight is 414 g/mol. The average Bonchev–Trinajstić information content (AvgIpc) is 3.13. The normalized spacial score (nSPS) is 27.3. The lowest BCUT2D eigenvalue weighted by Gasteiger charge is -2.54. The lowest BCUT2D eigenvalue weighted by Crippen LogP contribution is -2.54. The molecule has 162 valence electrons. The minimum atomic E-state index is -0.320. The fraction of sp³-hybridized carbons (Fsp3) is 0.625. The molecule has 3 aliphatic heterocycles. The van der Waals surface area contributed by atoms with Crippen LogP contribution in [-0.2, 0) is 11.3 Å². The number of benzene rings is 1. The maximum absolute atomic E-state index is 13.9. The summed E-state index contributed by atoms with van der Waals surface area (Å²) in [5.74, 6) is 1.86. The Kier molecular flexibility index (Phi) is 4.90. The molecule has 0 bridgehead atoms. The summed E-state index contributed by atoms with van der Waals surface area (Å²) in [5, 5.41) is 0. The number of rotatable bonds is 3. The molecule has 6 heteroatoms. The topological polar surface area (TPSA) is 39.5 Å². The Balaban J connectivity index is 1.26. The van der Waals surface area contributed by atoms with Crippen LogP contribution in [0, 0.1) is 24.1 Å². The number of hydrogen-bond acceptors (Lipinski definition) is 4. The number of fused-ring (bicyclic) bond motifs is 3. The van der Waals surface area contributed by atoms with Crippen LogP contribution in [0.15, 0.2) is 30.6 Å². The van der Waals surface area contributed by atoms with Gasteiger partial charge in [-0.1, -0.05) is 0 Å². The van der Waals surface area contributed by atoms with Crippen LogP contribution in [0.2, 0.25) is 0 Å². The summed E-state index contributed by atoms with van der Waals surface area (Å²) in [6, 6.07) is 4.82. The molecule has 5 nitrogen and oxygen atoms in total. The Bertz CT molecular complexity index is 917. The molecule has 0 saturated carbocycles. The Morgan fingerprint density at radius 2 is 2.00 bits per heavy atom. The molecule has 1 spiro atoms. The third-order valence-electron chi connectivity index (χ3n) is 7.63. The Morgan fingerprint density at radius 1 is 1.20 bits per heavy atom. The second-order valence-corrected chi connectivity index (χ2v) is 9.94. The van der Waals surface area contributed by atoms with E-state index in [0.717, 1.165) is 69.2 Å². The fourth-order valence-electron chi connectivity index (χ4n) is 5.61. The second-order valence-electron chi connectivity index (χ2n) is 9.94. The smallest absolute Gasteiger partial charge is 0.126 e. The minimum absolute atomic E-state index is 0.0766. The molecule has 2 atom stereocenters. The molecular formula is C24H32FN3O2. The summed E-state index contributed by atoms with van der Waals surface area (Å²) in [4.78, 5) is 6.87. The van der Waals surface area contributed by atoms with E-state index in [1.807, 2.05) is 6.20 Å². The van der Waals surface area contributed by atoms with Crippen molar-refractivity contribution in [1.82, 2.24) is 14.5 Å². The molecule has 0 aliphatic carbocycles.